The molecule has 6 heteroatoms. The van der Waals surface area contributed by atoms with Gasteiger partial charge in [0, 0.05) is 21.2 Å². The molecule has 2 aromatic rings. The van der Waals surface area contributed by atoms with E-state index in [4.69, 9.17) is 4.74 Å². The van der Waals surface area contributed by atoms with Crippen LogP contribution in [0.2, 0.25) is 0 Å². The zero-order chi connectivity index (χ0) is 17.2. The Bertz CT molecular complexity index is 660. The highest BCUT2D eigenvalue weighted by Gasteiger charge is 2.08. The van der Waals surface area contributed by atoms with E-state index >= 15 is 0 Å². The van der Waals surface area contributed by atoms with E-state index in [0.717, 1.165) is 9.79 Å². The predicted molar refractivity (Wildman–Crippen MR) is 99.6 cm³/mol. The molecule has 0 atom stereocenters. The van der Waals surface area contributed by atoms with Crippen LogP contribution < -0.4 is 5.32 Å². The number of nitrogens with one attached hydrogen (secondary N) is 1. The molecule has 2 rings (SSSR count). The van der Waals surface area contributed by atoms with Crippen molar-refractivity contribution in [3.8, 4) is 0 Å². The third-order valence-corrected chi connectivity index (χ3v) is 4.81. The molecule has 126 valence electrons. The van der Waals surface area contributed by atoms with Crippen molar-refractivity contribution in [3.63, 3.8) is 0 Å². The summed E-state index contributed by atoms with van der Waals surface area (Å²) in [6.07, 6.45) is 2.26. The summed E-state index contributed by atoms with van der Waals surface area (Å²) in [5, 5.41) is 2.70. The van der Waals surface area contributed by atoms with E-state index in [1.807, 2.05) is 60.9 Å². The van der Waals surface area contributed by atoms with Gasteiger partial charge in [-0.15, -0.1) is 23.5 Å². The highest BCUT2D eigenvalue weighted by molar-refractivity contribution is 7.99. The topological polar surface area (TPSA) is 55.4 Å². The van der Waals surface area contributed by atoms with E-state index in [2.05, 4.69) is 5.32 Å². The maximum absolute atomic E-state index is 11.8. The normalized spacial score (nSPS) is 10.2. The van der Waals surface area contributed by atoms with Gasteiger partial charge in [0.25, 0.3) is 5.91 Å². The molecule has 1 N–H and O–H groups in total. The standard InChI is InChI=1S/C18H19NO3S2/c1-23-15-9-7-14(8-10-15)19-17(20)13-22-18(21)11-12-24-16-5-3-2-4-6-16/h2-10H,11-13H2,1H3,(H,19,20). The van der Waals surface area contributed by atoms with E-state index in [-0.39, 0.29) is 24.9 Å². The Morgan fingerprint density at radius 2 is 1.71 bits per heavy atom. The van der Waals surface area contributed by atoms with E-state index in [9.17, 15) is 9.59 Å². The van der Waals surface area contributed by atoms with Crippen LogP contribution in [0.15, 0.2) is 64.4 Å². The lowest BCUT2D eigenvalue weighted by atomic mass is 10.3. The van der Waals surface area contributed by atoms with E-state index in [0.29, 0.717) is 11.4 Å². The summed E-state index contributed by atoms with van der Waals surface area (Å²) in [6.45, 7) is -0.265. The zero-order valence-electron chi connectivity index (χ0n) is 13.4. The zero-order valence-corrected chi connectivity index (χ0v) is 15.0. The summed E-state index contributed by atoms with van der Waals surface area (Å²) in [5.41, 5.74) is 0.688. The minimum atomic E-state index is -0.369. The number of carbonyl (C=O) groups excluding carboxylic acids is 2. The molecule has 0 aliphatic rings. The molecular formula is C18H19NO3S2. The lowest BCUT2D eigenvalue weighted by Gasteiger charge is -2.07. The Hall–Kier alpha value is -1.92. The Balaban J connectivity index is 1.64. The minimum absolute atomic E-state index is 0.265. The van der Waals surface area contributed by atoms with Crippen LogP contribution in [0.3, 0.4) is 0 Å². The lowest BCUT2D eigenvalue weighted by molar-refractivity contribution is -0.146. The highest BCUT2D eigenvalue weighted by atomic mass is 32.2. The highest BCUT2D eigenvalue weighted by Crippen LogP contribution is 2.18. The van der Waals surface area contributed by atoms with Gasteiger partial charge in [-0.05, 0) is 42.7 Å². The van der Waals surface area contributed by atoms with Gasteiger partial charge in [0.05, 0.1) is 6.42 Å². The number of benzene rings is 2. The van der Waals surface area contributed by atoms with Crippen molar-refractivity contribution in [1.29, 1.82) is 0 Å². The largest absolute Gasteiger partial charge is 0.456 e. The molecule has 1 amide bonds. The first-order valence-corrected chi connectivity index (χ1v) is 9.66. The molecule has 0 radical (unpaired) electrons. The van der Waals surface area contributed by atoms with Crippen molar-refractivity contribution < 1.29 is 14.3 Å². The fourth-order valence-corrected chi connectivity index (χ4v) is 3.12. The molecule has 0 heterocycles. The fraction of sp³-hybridized carbons (Fsp3) is 0.222. The molecule has 0 aliphatic carbocycles. The van der Waals surface area contributed by atoms with Gasteiger partial charge in [-0.3, -0.25) is 9.59 Å². The van der Waals surface area contributed by atoms with Gasteiger partial charge in [0.15, 0.2) is 6.61 Å². The number of hydrogen-bond donors (Lipinski definition) is 1. The second kappa shape index (κ2) is 10.1. The van der Waals surface area contributed by atoms with E-state index < -0.39 is 0 Å². The van der Waals surface area contributed by atoms with Gasteiger partial charge in [-0.1, -0.05) is 18.2 Å². The maximum Gasteiger partial charge on any atom is 0.307 e. The molecule has 0 saturated heterocycles. The average molecular weight is 361 g/mol. The molecule has 0 aliphatic heterocycles. The molecule has 0 aromatic heterocycles. The Morgan fingerprint density at radius 3 is 2.38 bits per heavy atom. The van der Waals surface area contributed by atoms with Gasteiger partial charge < -0.3 is 10.1 Å². The van der Waals surface area contributed by atoms with Crippen LogP contribution in [0, 0.1) is 0 Å². The summed E-state index contributed by atoms with van der Waals surface area (Å²) in [5.74, 6) is -0.0806. The Morgan fingerprint density at radius 1 is 1.00 bits per heavy atom. The average Bonchev–Trinajstić information content (AvgIpc) is 2.61. The predicted octanol–water partition coefficient (Wildman–Crippen LogP) is 4.07. The molecular weight excluding hydrogens is 342 g/mol. The number of rotatable bonds is 8. The van der Waals surface area contributed by atoms with E-state index in [1.54, 1.807) is 23.5 Å². The van der Waals surface area contributed by atoms with Crippen LogP contribution in [0.5, 0.6) is 0 Å². The smallest absolute Gasteiger partial charge is 0.307 e. The molecule has 4 nitrogen and oxygen atoms in total. The van der Waals surface area contributed by atoms with Crippen LogP contribution in [-0.4, -0.2) is 30.5 Å². The van der Waals surface area contributed by atoms with Gasteiger partial charge in [-0.2, -0.15) is 0 Å². The number of ether oxygens (including phenoxy) is 1. The first-order valence-electron chi connectivity index (χ1n) is 7.45. The van der Waals surface area contributed by atoms with Crippen molar-refractivity contribution in [2.24, 2.45) is 0 Å². The molecule has 0 fully saturated rings. The Labute approximate surface area is 150 Å². The minimum Gasteiger partial charge on any atom is -0.456 e. The van der Waals surface area contributed by atoms with Crippen molar-refractivity contribution in [1.82, 2.24) is 0 Å². The second-order valence-corrected chi connectivity index (χ2v) is 6.90. The molecule has 0 spiro atoms. The fourth-order valence-electron chi connectivity index (χ4n) is 1.86. The number of esters is 1. The van der Waals surface area contributed by atoms with Crippen LogP contribution in [0.4, 0.5) is 5.69 Å². The van der Waals surface area contributed by atoms with Crippen LogP contribution in [0.1, 0.15) is 6.42 Å². The summed E-state index contributed by atoms with van der Waals surface area (Å²) in [6, 6.07) is 17.3. The third-order valence-electron chi connectivity index (χ3n) is 3.06. The van der Waals surface area contributed by atoms with Gasteiger partial charge in [-0.25, -0.2) is 0 Å². The maximum atomic E-state index is 11.8. The van der Waals surface area contributed by atoms with Crippen molar-refractivity contribution >= 4 is 41.1 Å². The quantitative estimate of drug-likeness (QED) is 0.567. The second-order valence-electron chi connectivity index (χ2n) is 4.85. The lowest BCUT2D eigenvalue weighted by Crippen LogP contribution is -2.21. The number of amides is 1. The number of hydrogen-bond acceptors (Lipinski definition) is 5. The van der Waals surface area contributed by atoms with Crippen LogP contribution >= 0.6 is 23.5 Å². The Kier molecular flexibility index (Phi) is 7.71. The first-order chi connectivity index (χ1) is 11.7. The van der Waals surface area contributed by atoms with Crippen molar-refractivity contribution in [2.75, 3.05) is 23.9 Å². The number of thioether (sulfide) groups is 2. The van der Waals surface area contributed by atoms with Crippen molar-refractivity contribution in [2.45, 2.75) is 16.2 Å². The third kappa shape index (κ3) is 6.68. The first kappa shape index (κ1) is 18.4. The monoisotopic (exact) mass is 361 g/mol. The van der Waals surface area contributed by atoms with Gasteiger partial charge in [0.2, 0.25) is 0 Å². The summed E-state index contributed by atoms with van der Waals surface area (Å²) < 4.78 is 4.99. The number of anilines is 1. The summed E-state index contributed by atoms with van der Waals surface area (Å²) >= 11 is 3.22. The molecule has 0 saturated carbocycles. The SMILES string of the molecule is CSc1ccc(NC(=O)COC(=O)CCSc2ccccc2)cc1. The van der Waals surface area contributed by atoms with Gasteiger partial charge >= 0.3 is 5.97 Å². The van der Waals surface area contributed by atoms with Crippen LogP contribution in [0.25, 0.3) is 0 Å². The van der Waals surface area contributed by atoms with Gasteiger partial charge in [0.1, 0.15) is 0 Å². The van der Waals surface area contributed by atoms with E-state index in [1.165, 1.54) is 0 Å². The summed E-state index contributed by atoms with van der Waals surface area (Å²) in [4.78, 5) is 25.7. The molecule has 0 bridgehead atoms. The summed E-state index contributed by atoms with van der Waals surface area (Å²) in [7, 11) is 0. The van der Waals surface area contributed by atoms with Crippen molar-refractivity contribution in [3.05, 3.63) is 54.6 Å². The molecule has 2 aromatic carbocycles. The van der Waals surface area contributed by atoms with Crippen LogP contribution in [-0.2, 0) is 14.3 Å². The molecule has 24 heavy (non-hydrogen) atoms. The molecule has 0 unspecified atom stereocenters. The number of carbonyl (C=O) groups is 2.